The van der Waals surface area contributed by atoms with Crippen LogP contribution >= 0.6 is 0 Å². The summed E-state index contributed by atoms with van der Waals surface area (Å²) in [6, 6.07) is 3.17. The first-order valence-corrected chi connectivity index (χ1v) is 11.4. The van der Waals surface area contributed by atoms with Crippen LogP contribution in [0.5, 0.6) is 5.75 Å². The summed E-state index contributed by atoms with van der Waals surface area (Å²) in [7, 11) is -2.10. The average Bonchev–Trinajstić information content (AvgIpc) is 2.45. The van der Waals surface area contributed by atoms with Gasteiger partial charge in [0, 0.05) is 19.4 Å². The second-order valence-corrected chi connectivity index (χ2v) is 11.3. The van der Waals surface area contributed by atoms with E-state index in [4.69, 9.17) is 13.9 Å². The number of ketones is 2. The Labute approximate surface area is 152 Å². The van der Waals surface area contributed by atoms with Crippen molar-refractivity contribution in [3.63, 3.8) is 0 Å². The van der Waals surface area contributed by atoms with E-state index in [0.717, 1.165) is 13.8 Å². The quantitative estimate of drug-likeness (QED) is 0.589. The first-order chi connectivity index (χ1) is 11.9. The Hall–Kier alpha value is -2.74. The van der Waals surface area contributed by atoms with Crippen molar-refractivity contribution >= 4 is 31.8 Å². The van der Waals surface area contributed by atoms with Gasteiger partial charge < -0.3 is 13.9 Å². The molecule has 1 aromatic carbocycles. The van der Waals surface area contributed by atoms with Gasteiger partial charge in [0.25, 0.3) is 0 Å². The van der Waals surface area contributed by atoms with Crippen molar-refractivity contribution in [2.45, 2.75) is 40.4 Å². The van der Waals surface area contributed by atoms with E-state index >= 15 is 0 Å². The molecule has 0 atom stereocenters. The molecule has 1 aliphatic rings. The van der Waals surface area contributed by atoms with E-state index < -0.39 is 43.3 Å². The highest BCUT2D eigenvalue weighted by molar-refractivity contribution is 6.70. The number of hydrogen-bond donors (Lipinski definition) is 0. The van der Waals surface area contributed by atoms with E-state index in [2.05, 4.69) is 0 Å². The molecule has 138 valence electrons. The number of Topliss-reactive ketones (excluding diaryl/α,β-unsaturated/α-hetero) is 2. The number of ether oxygens (including phenoxy) is 2. The highest BCUT2D eigenvalue weighted by Crippen LogP contribution is 2.36. The van der Waals surface area contributed by atoms with Crippen LogP contribution in [0.4, 0.5) is 0 Å². The molecule has 0 unspecified atom stereocenters. The molecule has 1 aromatic rings. The van der Waals surface area contributed by atoms with Crippen LogP contribution in [-0.2, 0) is 19.1 Å². The summed E-state index contributed by atoms with van der Waals surface area (Å²) in [5, 5.41) is 0. The number of esters is 2. The van der Waals surface area contributed by atoms with E-state index in [9.17, 15) is 19.2 Å². The maximum absolute atomic E-state index is 13.0. The lowest BCUT2D eigenvalue weighted by molar-refractivity contribution is -0.140. The zero-order valence-corrected chi connectivity index (χ0v) is 16.5. The summed E-state index contributed by atoms with van der Waals surface area (Å²) in [6.07, 6.45) is 0. The topological polar surface area (TPSA) is 96.0 Å². The Morgan fingerprint density at radius 3 is 1.85 bits per heavy atom. The molecule has 0 bridgehead atoms. The first kappa shape index (κ1) is 19.6. The van der Waals surface area contributed by atoms with E-state index in [-0.39, 0.29) is 16.9 Å². The molecule has 7 nitrogen and oxygen atoms in total. The van der Waals surface area contributed by atoms with Crippen LogP contribution in [0.1, 0.15) is 40.1 Å². The normalized spacial score (nSPS) is 14.1. The Morgan fingerprint density at radius 2 is 1.38 bits per heavy atom. The van der Waals surface area contributed by atoms with Gasteiger partial charge in [-0.15, -0.1) is 0 Å². The van der Waals surface area contributed by atoms with E-state index in [1.165, 1.54) is 6.07 Å². The third-order valence-corrected chi connectivity index (χ3v) is 4.08. The van der Waals surface area contributed by atoms with Gasteiger partial charge in [0.1, 0.15) is 5.75 Å². The van der Waals surface area contributed by atoms with Crippen LogP contribution in [0, 0.1) is 6.92 Å². The third kappa shape index (κ3) is 4.08. The lowest BCUT2D eigenvalue weighted by Gasteiger charge is -2.26. The highest BCUT2D eigenvalue weighted by Gasteiger charge is 2.40. The summed E-state index contributed by atoms with van der Waals surface area (Å²) in [6.45, 7) is 9.73. The maximum Gasteiger partial charge on any atom is 0.308 e. The molecule has 8 heteroatoms. The Balaban J connectivity index is 2.73. The monoisotopic (exact) mass is 376 g/mol. The molecule has 0 heterocycles. The minimum atomic E-state index is -2.10. The third-order valence-electron chi connectivity index (χ3n) is 3.24. The van der Waals surface area contributed by atoms with Crippen LogP contribution in [0.25, 0.3) is 0 Å². The SMILES string of the molecule is CC(=O)OC1=C(OC(C)=O)C(=O)c2c(O[Si](C)(C)C)cc(C)cc2C1=O. The van der Waals surface area contributed by atoms with Gasteiger partial charge in [0.05, 0.1) is 5.56 Å². The van der Waals surface area contributed by atoms with Gasteiger partial charge >= 0.3 is 11.9 Å². The number of aryl methyl sites for hydroxylation is 1. The summed E-state index contributed by atoms with van der Waals surface area (Å²) in [4.78, 5) is 48.5. The van der Waals surface area contributed by atoms with Crippen molar-refractivity contribution in [2.24, 2.45) is 0 Å². The summed E-state index contributed by atoms with van der Waals surface area (Å²) in [5.41, 5.74) is 0.766. The maximum atomic E-state index is 13.0. The lowest BCUT2D eigenvalue weighted by atomic mass is 9.90. The molecular formula is C18H20O7Si. The Bertz CT molecular complexity index is 859. The minimum absolute atomic E-state index is 0.00942. The molecule has 0 fully saturated rings. The van der Waals surface area contributed by atoms with E-state index in [0.29, 0.717) is 5.56 Å². The van der Waals surface area contributed by atoms with Crippen molar-refractivity contribution in [3.8, 4) is 5.75 Å². The fourth-order valence-corrected chi connectivity index (χ4v) is 3.31. The largest absolute Gasteiger partial charge is 0.544 e. The molecule has 2 rings (SSSR count). The predicted octanol–water partition coefficient (Wildman–Crippen LogP) is 2.93. The number of fused-ring (bicyclic) bond motifs is 1. The average molecular weight is 376 g/mol. The second kappa shape index (κ2) is 6.87. The van der Waals surface area contributed by atoms with Crippen LogP contribution in [0.2, 0.25) is 19.6 Å². The number of carbonyl (C=O) groups excluding carboxylic acids is 4. The molecule has 1 aliphatic carbocycles. The molecule has 0 spiro atoms. The number of hydrogen-bond acceptors (Lipinski definition) is 7. The molecule has 0 aliphatic heterocycles. The van der Waals surface area contributed by atoms with Gasteiger partial charge in [-0.05, 0) is 44.3 Å². The number of benzene rings is 1. The zero-order chi connectivity index (χ0) is 19.8. The van der Waals surface area contributed by atoms with Crippen molar-refractivity contribution in [1.29, 1.82) is 0 Å². The first-order valence-electron chi connectivity index (χ1n) is 7.95. The van der Waals surface area contributed by atoms with Crippen molar-refractivity contribution in [3.05, 3.63) is 40.3 Å². The van der Waals surface area contributed by atoms with Gasteiger partial charge in [-0.3, -0.25) is 19.2 Å². The highest BCUT2D eigenvalue weighted by atomic mass is 28.4. The van der Waals surface area contributed by atoms with Crippen LogP contribution in [0.15, 0.2) is 23.7 Å². The molecular weight excluding hydrogens is 356 g/mol. The molecule has 0 aromatic heterocycles. The fraction of sp³-hybridized carbons (Fsp3) is 0.333. The fourth-order valence-electron chi connectivity index (χ4n) is 2.49. The molecule has 0 saturated carbocycles. The summed E-state index contributed by atoms with van der Waals surface area (Å²) >= 11 is 0. The standard InChI is InChI=1S/C18H20O7Si/c1-9-7-12-14(13(8-9)25-26(4,5)6)16(22)18(24-11(3)20)17(15(12)21)23-10(2)19/h7-8H,1-6H3. The lowest BCUT2D eigenvalue weighted by Crippen LogP contribution is -2.32. The van der Waals surface area contributed by atoms with Crippen molar-refractivity contribution < 1.29 is 33.1 Å². The Kier molecular flexibility index (Phi) is 5.17. The van der Waals surface area contributed by atoms with Crippen LogP contribution in [-0.4, -0.2) is 31.8 Å². The van der Waals surface area contributed by atoms with Gasteiger partial charge in [-0.1, -0.05) is 0 Å². The van der Waals surface area contributed by atoms with Crippen molar-refractivity contribution in [1.82, 2.24) is 0 Å². The summed E-state index contributed by atoms with van der Waals surface area (Å²) < 4.78 is 15.8. The zero-order valence-electron chi connectivity index (χ0n) is 15.5. The van der Waals surface area contributed by atoms with Crippen LogP contribution in [0.3, 0.4) is 0 Å². The molecule has 0 saturated heterocycles. The second-order valence-electron chi connectivity index (χ2n) is 6.90. The van der Waals surface area contributed by atoms with Gasteiger partial charge in [0.15, 0.2) is 0 Å². The van der Waals surface area contributed by atoms with E-state index in [1.807, 2.05) is 19.6 Å². The smallest absolute Gasteiger partial charge is 0.308 e. The van der Waals surface area contributed by atoms with E-state index in [1.54, 1.807) is 13.0 Å². The predicted molar refractivity (Wildman–Crippen MR) is 94.4 cm³/mol. The van der Waals surface area contributed by atoms with Gasteiger partial charge in [-0.25, -0.2) is 0 Å². The van der Waals surface area contributed by atoms with Gasteiger partial charge in [-0.2, -0.15) is 0 Å². The molecule has 0 N–H and O–H groups in total. The number of allylic oxidation sites excluding steroid dienone is 2. The number of carbonyl (C=O) groups is 4. The molecule has 0 amide bonds. The van der Waals surface area contributed by atoms with Gasteiger partial charge in [0.2, 0.25) is 31.4 Å². The molecule has 0 radical (unpaired) electrons. The minimum Gasteiger partial charge on any atom is -0.544 e. The van der Waals surface area contributed by atoms with Crippen molar-refractivity contribution in [2.75, 3.05) is 0 Å². The summed E-state index contributed by atoms with van der Waals surface area (Å²) in [5.74, 6) is -4.00. The number of rotatable bonds is 4. The Morgan fingerprint density at radius 1 is 0.885 bits per heavy atom. The van der Waals surface area contributed by atoms with Crippen LogP contribution < -0.4 is 4.43 Å². The molecule has 26 heavy (non-hydrogen) atoms.